The molecule has 200 valence electrons. The van der Waals surface area contributed by atoms with E-state index in [2.05, 4.69) is 72.5 Å². The average molecular weight is 590 g/mol. The summed E-state index contributed by atoms with van der Waals surface area (Å²) in [6, 6.07) is 6.38. The topological polar surface area (TPSA) is 123 Å². The van der Waals surface area contributed by atoms with Gasteiger partial charge in [-0.25, -0.2) is 9.97 Å². The molecule has 6 rings (SSSR count). The second-order valence-corrected chi connectivity index (χ2v) is 10.5. The summed E-state index contributed by atoms with van der Waals surface area (Å²) in [5.41, 5.74) is 13.5. The van der Waals surface area contributed by atoms with Crippen molar-refractivity contribution >= 4 is 56.1 Å². The normalized spacial score (nSPS) is 12.8. The van der Waals surface area contributed by atoms with Crippen LogP contribution in [0.1, 0.15) is 19.5 Å². The van der Waals surface area contributed by atoms with E-state index < -0.39 is 0 Å². The maximum absolute atomic E-state index is 6.36. The monoisotopic (exact) mass is 588 g/mol. The molecule has 4 N–H and O–H groups in total. The number of halogens is 1. The lowest BCUT2D eigenvalue weighted by Crippen LogP contribution is -2.32. The van der Waals surface area contributed by atoms with Crippen molar-refractivity contribution in [3.8, 4) is 16.9 Å². The van der Waals surface area contributed by atoms with E-state index >= 15 is 0 Å². The first-order valence-corrected chi connectivity index (χ1v) is 13.4. The first-order chi connectivity index (χ1) is 18.8. The van der Waals surface area contributed by atoms with Crippen LogP contribution in [-0.4, -0.2) is 48.8 Å². The molecule has 1 aliphatic heterocycles. The van der Waals surface area contributed by atoms with Gasteiger partial charge in [0.2, 0.25) is 5.95 Å². The standard InChI is InChI=1S/C27H29BrN10O/c1-15(2)38-9-6-21-17(13-32-36(21)3)16-11-20(23(39-4)12-22(16)38)34-27-31-14-18(28)25(35-27)33-19-5-8-37-10-7-30-26(37)24(19)29/h5,7-8,10-15H,6,9,29H2,1-4H3,(H2,31,33,34,35). The van der Waals surface area contributed by atoms with Crippen molar-refractivity contribution in [1.82, 2.24) is 29.1 Å². The predicted octanol–water partition coefficient (Wildman–Crippen LogP) is 5.14. The van der Waals surface area contributed by atoms with Gasteiger partial charge in [-0.2, -0.15) is 10.1 Å². The van der Waals surface area contributed by atoms with Crippen LogP contribution >= 0.6 is 15.9 Å². The van der Waals surface area contributed by atoms with Gasteiger partial charge in [-0.05, 0) is 41.9 Å². The van der Waals surface area contributed by atoms with E-state index in [9.17, 15) is 0 Å². The summed E-state index contributed by atoms with van der Waals surface area (Å²) in [4.78, 5) is 16.0. The van der Waals surface area contributed by atoms with Gasteiger partial charge < -0.3 is 30.4 Å². The maximum atomic E-state index is 6.36. The molecule has 1 aromatic carbocycles. The number of imidazole rings is 1. The van der Waals surface area contributed by atoms with E-state index in [1.54, 1.807) is 19.5 Å². The summed E-state index contributed by atoms with van der Waals surface area (Å²) in [5, 5.41) is 11.2. The Labute approximate surface area is 234 Å². The fraction of sp³-hybridized carbons (Fsp3) is 0.259. The van der Waals surface area contributed by atoms with Gasteiger partial charge in [0.1, 0.15) is 11.6 Å². The van der Waals surface area contributed by atoms with Crippen LogP contribution in [0.5, 0.6) is 5.75 Å². The van der Waals surface area contributed by atoms with Gasteiger partial charge in [-0.1, -0.05) is 0 Å². The van der Waals surface area contributed by atoms with Crippen molar-refractivity contribution in [3.05, 3.63) is 59.3 Å². The number of ether oxygens (including phenoxy) is 1. The summed E-state index contributed by atoms with van der Waals surface area (Å²) in [6.07, 6.45) is 9.98. The van der Waals surface area contributed by atoms with Gasteiger partial charge in [-0.15, -0.1) is 0 Å². The number of nitrogen functional groups attached to an aromatic ring is 1. The molecule has 5 aromatic rings. The molecule has 0 bridgehead atoms. The Morgan fingerprint density at radius 1 is 1.08 bits per heavy atom. The number of nitrogens with zero attached hydrogens (tertiary/aromatic N) is 7. The number of hydrogen-bond acceptors (Lipinski definition) is 9. The van der Waals surface area contributed by atoms with Crippen LogP contribution in [0.15, 0.2) is 53.7 Å². The van der Waals surface area contributed by atoms with E-state index in [-0.39, 0.29) is 0 Å². The van der Waals surface area contributed by atoms with Crippen LogP contribution in [-0.2, 0) is 13.5 Å². The predicted molar refractivity (Wildman–Crippen MR) is 157 cm³/mol. The molecule has 0 radical (unpaired) electrons. The highest BCUT2D eigenvalue weighted by molar-refractivity contribution is 9.10. The average Bonchev–Trinajstić information content (AvgIpc) is 3.51. The van der Waals surface area contributed by atoms with Crippen molar-refractivity contribution in [2.45, 2.75) is 26.3 Å². The molecular weight excluding hydrogens is 560 g/mol. The summed E-state index contributed by atoms with van der Waals surface area (Å²) < 4.78 is 10.3. The summed E-state index contributed by atoms with van der Waals surface area (Å²) >= 11 is 3.55. The second-order valence-electron chi connectivity index (χ2n) is 9.68. The Kier molecular flexibility index (Phi) is 6.26. The zero-order valence-corrected chi connectivity index (χ0v) is 23.7. The van der Waals surface area contributed by atoms with Crippen LogP contribution in [0.25, 0.3) is 16.8 Å². The van der Waals surface area contributed by atoms with Gasteiger partial charge in [0.15, 0.2) is 5.65 Å². The third-order valence-electron chi connectivity index (χ3n) is 7.04. The molecule has 12 heteroatoms. The minimum atomic E-state index is 0.326. The number of methoxy groups -OCH3 is 1. The molecule has 1 aliphatic rings. The lowest BCUT2D eigenvalue weighted by atomic mass is 10.0. The molecule has 39 heavy (non-hydrogen) atoms. The van der Waals surface area contributed by atoms with Crippen LogP contribution in [0.4, 0.5) is 34.5 Å². The molecule has 0 saturated carbocycles. The molecule has 4 aromatic heterocycles. The number of nitrogens with two attached hydrogens (primary N) is 1. The van der Waals surface area contributed by atoms with Gasteiger partial charge in [0.05, 0.1) is 34.8 Å². The SMILES string of the molecule is COc1cc2c(cc1Nc1ncc(Br)c(Nc3ccn4ccnc4c3N)n1)-c1cnn(C)c1CCN2C(C)C. The van der Waals surface area contributed by atoms with Crippen molar-refractivity contribution in [2.24, 2.45) is 7.05 Å². The number of nitrogens with one attached hydrogen (secondary N) is 2. The van der Waals surface area contributed by atoms with Crippen molar-refractivity contribution < 1.29 is 4.74 Å². The van der Waals surface area contributed by atoms with Crippen molar-refractivity contribution in [1.29, 1.82) is 0 Å². The number of rotatable bonds is 6. The lowest BCUT2D eigenvalue weighted by molar-refractivity contribution is 0.416. The number of hydrogen-bond donors (Lipinski definition) is 3. The highest BCUT2D eigenvalue weighted by Crippen LogP contribution is 2.43. The molecule has 0 spiro atoms. The van der Waals surface area contributed by atoms with E-state index in [0.717, 1.165) is 35.5 Å². The smallest absolute Gasteiger partial charge is 0.229 e. The third-order valence-corrected chi connectivity index (χ3v) is 7.62. The first-order valence-electron chi connectivity index (χ1n) is 12.6. The summed E-state index contributed by atoms with van der Waals surface area (Å²) in [5.74, 6) is 1.66. The van der Waals surface area contributed by atoms with Crippen LogP contribution < -0.4 is 26.0 Å². The molecule has 11 nitrogen and oxygen atoms in total. The molecular formula is C27H29BrN10O. The Balaban J connectivity index is 1.38. The van der Waals surface area contributed by atoms with Gasteiger partial charge in [0.25, 0.3) is 0 Å². The van der Waals surface area contributed by atoms with E-state index in [4.69, 9.17) is 15.5 Å². The zero-order chi connectivity index (χ0) is 27.3. The highest BCUT2D eigenvalue weighted by Gasteiger charge is 2.26. The number of benzene rings is 1. The number of aromatic nitrogens is 6. The highest BCUT2D eigenvalue weighted by atomic mass is 79.9. The van der Waals surface area contributed by atoms with Gasteiger partial charge >= 0.3 is 0 Å². The Morgan fingerprint density at radius 3 is 2.72 bits per heavy atom. The van der Waals surface area contributed by atoms with Crippen molar-refractivity contribution in [2.75, 3.05) is 34.9 Å². The molecule has 0 atom stereocenters. The molecule has 5 heterocycles. The lowest BCUT2D eigenvalue weighted by Gasteiger charge is -2.30. The number of fused-ring (bicyclic) bond motifs is 4. The van der Waals surface area contributed by atoms with Gasteiger partial charge in [-0.3, -0.25) is 4.68 Å². The number of anilines is 6. The first kappa shape index (κ1) is 25.0. The third kappa shape index (κ3) is 4.40. The number of aryl methyl sites for hydroxylation is 1. The Hall–Kier alpha value is -4.32. The molecule has 0 amide bonds. The largest absolute Gasteiger partial charge is 0.494 e. The summed E-state index contributed by atoms with van der Waals surface area (Å²) in [7, 11) is 3.66. The zero-order valence-electron chi connectivity index (χ0n) is 22.1. The quantitative estimate of drug-likeness (QED) is 0.247. The summed E-state index contributed by atoms with van der Waals surface area (Å²) in [6.45, 7) is 5.31. The Morgan fingerprint density at radius 2 is 1.92 bits per heavy atom. The molecule has 0 fully saturated rings. The van der Waals surface area contributed by atoms with Crippen LogP contribution in [0.3, 0.4) is 0 Å². The Bertz CT molecular complexity index is 1690. The number of pyridine rings is 1. The fourth-order valence-corrected chi connectivity index (χ4v) is 5.33. The second kappa shape index (κ2) is 9.77. The molecule has 0 unspecified atom stereocenters. The van der Waals surface area contributed by atoms with Crippen molar-refractivity contribution in [3.63, 3.8) is 0 Å². The molecule has 0 aliphatic carbocycles. The van der Waals surface area contributed by atoms with Crippen LogP contribution in [0, 0.1) is 0 Å². The van der Waals surface area contributed by atoms with E-state index in [1.807, 2.05) is 40.8 Å². The van der Waals surface area contributed by atoms with E-state index in [1.165, 1.54) is 5.69 Å². The van der Waals surface area contributed by atoms with E-state index in [0.29, 0.717) is 45.1 Å². The maximum Gasteiger partial charge on any atom is 0.229 e. The minimum absolute atomic E-state index is 0.326. The minimum Gasteiger partial charge on any atom is -0.494 e. The van der Waals surface area contributed by atoms with Gasteiger partial charge in [0, 0.05) is 79.4 Å². The fourth-order valence-electron chi connectivity index (χ4n) is 5.04. The van der Waals surface area contributed by atoms with Crippen LogP contribution in [0.2, 0.25) is 0 Å². The molecule has 0 saturated heterocycles.